The molecular weight excluding hydrogens is 270 g/mol. The van der Waals surface area contributed by atoms with Crippen LogP contribution in [0.2, 0.25) is 0 Å². The number of carboxylic acids is 1. The predicted octanol–water partition coefficient (Wildman–Crippen LogP) is 2.71. The molecule has 1 aromatic heterocycles. The molecule has 2 N–H and O–H groups in total. The van der Waals surface area contributed by atoms with E-state index in [9.17, 15) is 9.90 Å². The van der Waals surface area contributed by atoms with Crippen LogP contribution in [0.1, 0.15) is 46.0 Å². The Labute approximate surface area is 124 Å². The van der Waals surface area contributed by atoms with Gasteiger partial charge in [-0.15, -0.1) is 0 Å². The molecule has 1 aliphatic rings. The summed E-state index contributed by atoms with van der Waals surface area (Å²) in [6.45, 7) is 4.75. The van der Waals surface area contributed by atoms with Crippen LogP contribution in [0.15, 0.2) is 12.3 Å². The first-order valence-corrected chi connectivity index (χ1v) is 7.53. The summed E-state index contributed by atoms with van der Waals surface area (Å²) < 4.78 is 5.46. The van der Waals surface area contributed by atoms with Gasteiger partial charge in [0.05, 0.1) is 6.61 Å². The molecule has 0 amide bonds. The van der Waals surface area contributed by atoms with Crippen molar-refractivity contribution in [2.75, 3.05) is 11.9 Å². The Morgan fingerprint density at radius 2 is 2.24 bits per heavy atom. The maximum absolute atomic E-state index is 11.7. The van der Waals surface area contributed by atoms with Crippen LogP contribution in [-0.2, 0) is 4.79 Å². The smallest absolute Gasteiger partial charge is 0.329 e. The minimum atomic E-state index is -0.962. The molecule has 0 unspecified atom stereocenters. The lowest BCUT2D eigenvalue weighted by molar-refractivity contribution is -0.143. The lowest BCUT2D eigenvalue weighted by Gasteiger charge is -2.36. The van der Waals surface area contributed by atoms with Crippen LogP contribution in [0.4, 0.5) is 5.95 Å². The number of ether oxygens (including phenoxy) is 1. The molecule has 1 saturated carbocycles. The third-order valence-electron chi connectivity index (χ3n) is 3.97. The highest BCUT2D eigenvalue weighted by atomic mass is 16.5. The average molecular weight is 293 g/mol. The first-order valence-electron chi connectivity index (χ1n) is 7.53. The number of nitrogens with zero attached hydrogens (tertiary/aromatic N) is 2. The molecule has 6 heteroatoms. The van der Waals surface area contributed by atoms with Gasteiger partial charge in [-0.25, -0.2) is 9.78 Å². The minimum Gasteiger partial charge on any atom is -0.480 e. The van der Waals surface area contributed by atoms with Gasteiger partial charge in [0, 0.05) is 12.3 Å². The van der Waals surface area contributed by atoms with Crippen molar-refractivity contribution in [3.63, 3.8) is 0 Å². The Morgan fingerprint density at radius 1 is 1.52 bits per heavy atom. The molecule has 0 aliphatic heterocycles. The molecule has 0 radical (unpaired) electrons. The van der Waals surface area contributed by atoms with Gasteiger partial charge in [-0.3, -0.25) is 0 Å². The summed E-state index contributed by atoms with van der Waals surface area (Å²) >= 11 is 0. The summed E-state index contributed by atoms with van der Waals surface area (Å²) in [5.41, 5.74) is -0.962. The Morgan fingerprint density at radius 3 is 2.86 bits per heavy atom. The third kappa shape index (κ3) is 3.83. The summed E-state index contributed by atoms with van der Waals surface area (Å²) in [5, 5.41) is 12.6. The Balaban J connectivity index is 2.12. The molecule has 1 aromatic rings. The van der Waals surface area contributed by atoms with Gasteiger partial charge in [-0.2, -0.15) is 4.98 Å². The zero-order chi connectivity index (χ0) is 15.3. The van der Waals surface area contributed by atoms with Crippen LogP contribution in [0.25, 0.3) is 0 Å². The number of aliphatic carboxylic acids is 1. The van der Waals surface area contributed by atoms with Gasteiger partial charge >= 0.3 is 5.97 Å². The highest BCUT2D eigenvalue weighted by Gasteiger charge is 2.41. The van der Waals surface area contributed by atoms with E-state index in [1.807, 2.05) is 6.92 Å². The second kappa shape index (κ2) is 6.74. The molecule has 0 aromatic carbocycles. The van der Waals surface area contributed by atoms with Crippen LogP contribution in [0.5, 0.6) is 5.88 Å². The van der Waals surface area contributed by atoms with Gasteiger partial charge in [-0.1, -0.05) is 13.8 Å². The van der Waals surface area contributed by atoms with Crippen LogP contribution in [-0.4, -0.2) is 33.2 Å². The van der Waals surface area contributed by atoms with Crippen molar-refractivity contribution in [1.82, 2.24) is 9.97 Å². The molecule has 1 heterocycles. The number of nitrogens with one attached hydrogen (secondary N) is 1. The Hall–Kier alpha value is -1.85. The molecule has 0 atom stereocenters. The number of rotatable bonds is 6. The largest absolute Gasteiger partial charge is 0.480 e. The van der Waals surface area contributed by atoms with Crippen molar-refractivity contribution in [2.45, 2.75) is 51.5 Å². The maximum Gasteiger partial charge on any atom is 0.329 e. The summed E-state index contributed by atoms with van der Waals surface area (Å²) in [7, 11) is 0. The summed E-state index contributed by atoms with van der Waals surface area (Å²) in [4.78, 5) is 20.1. The van der Waals surface area contributed by atoms with E-state index in [0.717, 1.165) is 19.3 Å². The fourth-order valence-corrected chi connectivity index (χ4v) is 2.55. The number of carbonyl (C=O) groups is 1. The highest BCUT2D eigenvalue weighted by Crippen LogP contribution is 2.34. The van der Waals surface area contributed by atoms with Gasteiger partial charge in [0.25, 0.3) is 0 Å². The van der Waals surface area contributed by atoms with Gasteiger partial charge in [0.1, 0.15) is 5.54 Å². The van der Waals surface area contributed by atoms with Gasteiger partial charge in [0.15, 0.2) is 0 Å². The quantitative estimate of drug-likeness (QED) is 0.839. The van der Waals surface area contributed by atoms with E-state index in [0.29, 0.717) is 37.2 Å². The molecule has 0 spiro atoms. The summed E-state index contributed by atoms with van der Waals surface area (Å²) in [6, 6.07) is 1.68. The second-order valence-corrected chi connectivity index (χ2v) is 5.76. The van der Waals surface area contributed by atoms with Gasteiger partial charge in [0.2, 0.25) is 11.8 Å². The highest BCUT2D eigenvalue weighted by molar-refractivity contribution is 5.82. The number of carboxylic acid groups (broad SMARTS) is 1. The van der Waals surface area contributed by atoms with E-state index in [1.165, 1.54) is 0 Å². The standard InChI is InChI=1S/C15H23N3O3/c1-3-10-21-12-6-9-16-14(17-12)18-15(13(19)20)7-4-11(2)5-8-15/h6,9,11H,3-5,7-8,10H2,1-2H3,(H,19,20)(H,16,17,18). The number of hydrogen-bond donors (Lipinski definition) is 2. The fourth-order valence-electron chi connectivity index (χ4n) is 2.55. The lowest BCUT2D eigenvalue weighted by Crippen LogP contribution is -2.49. The molecular formula is C15H23N3O3. The van der Waals surface area contributed by atoms with E-state index in [1.54, 1.807) is 12.3 Å². The molecule has 0 saturated heterocycles. The number of hydrogen-bond acceptors (Lipinski definition) is 5. The topological polar surface area (TPSA) is 84.3 Å². The van der Waals surface area contributed by atoms with Crippen LogP contribution < -0.4 is 10.1 Å². The number of aromatic nitrogens is 2. The lowest BCUT2D eigenvalue weighted by atomic mass is 9.77. The van der Waals surface area contributed by atoms with Crippen molar-refractivity contribution in [1.29, 1.82) is 0 Å². The SMILES string of the molecule is CCCOc1ccnc(NC2(C(=O)O)CCC(C)CC2)n1. The molecule has 6 nitrogen and oxygen atoms in total. The normalized spacial score (nSPS) is 25.3. The fraction of sp³-hybridized carbons (Fsp3) is 0.667. The maximum atomic E-state index is 11.7. The summed E-state index contributed by atoms with van der Waals surface area (Å²) in [6.07, 6.45) is 5.45. The van der Waals surface area contributed by atoms with Gasteiger partial charge < -0.3 is 15.2 Å². The zero-order valence-electron chi connectivity index (χ0n) is 12.6. The van der Waals surface area contributed by atoms with Crippen molar-refractivity contribution < 1.29 is 14.6 Å². The van der Waals surface area contributed by atoms with Crippen LogP contribution in [0.3, 0.4) is 0 Å². The van der Waals surface area contributed by atoms with E-state index in [-0.39, 0.29) is 0 Å². The predicted molar refractivity (Wildman–Crippen MR) is 79.4 cm³/mol. The second-order valence-electron chi connectivity index (χ2n) is 5.76. The van der Waals surface area contributed by atoms with E-state index >= 15 is 0 Å². The molecule has 116 valence electrons. The molecule has 1 aliphatic carbocycles. The van der Waals surface area contributed by atoms with Crippen molar-refractivity contribution in [3.8, 4) is 5.88 Å². The monoisotopic (exact) mass is 293 g/mol. The number of anilines is 1. The van der Waals surface area contributed by atoms with E-state index in [4.69, 9.17) is 4.74 Å². The minimum absolute atomic E-state index is 0.320. The van der Waals surface area contributed by atoms with E-state index < -0.39 is 11.5 Å². The first-order chi connectivity index (χ1) is 10.1. The van der Waals surface area contributed by atoms with Crippen LogP contribution in [0, 0.1) is 5.92 Å². The van der Waals surface area contributed by atoms with Crippen molar-refractivity contribution in [2.24, 2.45) is 5.92 Å². The van der Waals surface area contributed by atoms with Crippen LogP contribution >= 0.6 is 0 Å². The first kappa shape index (κ1) is 15.5. The molecule has 21 heavy (non-hydrogen) atoms. The average Bonchev–Trinajstić information content (AvgIpc) is 2.48. The summed E-state index contributed by atoms with van der Waals surface area (Å²) in [5.74, 6) is 0.525. The van der Waals surface area contributed by atoms with Crippen molar-refractivity contribution >= 4 is 11.9 Å². The molecule has 1 fully saturated rings. The van der Waals surface area contributed by atoms with Gasteiger partial charge in [-0.05, 0) is 38.0 Å². The van der Waals surface area contributed by atoms with E-state index in [2.05, 4.69) is 22.2 Å². The molecule has 0 bridgehead atoms. The third-order valence-corrected chi connectivity index (χ3v) is 3.97. The Kier molecular flexibility index (Phi) is 4.98. The molecule has 2 rings (SSSR count). The Bertz CT molecular complexity index is 485. The van der Waals surface area contributed by atoms with Crippen molar-refractivity contribution in [3.05, 3.63) is 12.3 Å². The zero-order valence-corrected chi connectivity index (χ0v) is 12.6.